The Labute approximate surface area is 112 Å². The van der Waals surface area contributed by atoms with Gasteiger partial charge in [-0.25, -0.2) is 4.98 Å². The summed E-state index contributed by atoms with van der Waals surface area (Å²) >= 11 is 0. The second kappa shape index (κ2) is 6.00. The van der Waals surface area contributed by atoms with E-state index in [0.29, 0.717) is 24.3 Å². The SMILES string of the molecule is COc1ccccc1COc1ccc(C)nc1C=O. The molecule has 0 N–H and O–H groups in total. The summed E-state index contributed by atoms with van der Waals surface area (Å²) in [4.78, 5) is 15.1. The van der Waals surface area contributed by atoms with Crippen LogP contribution in [0.2, 0.25) is 0 Å². The number of pyridine rings is 1. The highest BCUT2D eigenvalue weighted by Crippen LogP contribution is 2.21. The van der Waals surface area contributed by atoms with E-state index < -0.39 is 0 Å². The van der Waals surface area contributed by atoms with E-state index in [1.165, 1.54) is 0 Å². The number of aryl methyl sites for hydroxylation is 1. The highest BCUT2D eigenvalue weighted by Gasteiger charge is 2.07. The quantitative estimate of drug-likeness (QED) is 0.773. The Morgan fingerprint density at radius 3 is 2.68 bits per heavy atom. The van der Waals surface area contributed by atoms with Gasteiger partial charge in [-0.15, -0.1) is 0 Å². The number of carbonyl (C=O) groups is 1. The van der Waals surface area contributed by atoms with Gasteiger partial charge in [-0.2, -0.15) is 0 Å². The van der Waals surface area contributed by atoms with E-state index in [1.807, 2.05) is 37.3 Å². The number of aldehydes is 1. The molecule has 1 aromatic carbocycles. The van der Waals surface area contributed by atoms with Crippen LogP contribution in [0.25, 0.3) is 0 Å². The Morgan fingerprint density at radius 1 is 1.16 bits per heavy atom. The topological polar surface area (TPSA) is 48.4 Å². The zero-order valence-corrected chi connectivity index (χ0v) is 10.9. The number of rotatable bonds is 5. The smallest absolute Gasteiger partial charge is 0.172 e. The van der Waals surface area contributed by atoms with Crippen LogP contribution in [0.3, 0.4) is 0 Å². The lowest BCUT2D eigenvalue weighted by Crippen LogP contribution is -2.02. The summed E-state index contributed by atoms with van der Waals surface area (Å²) in [6.07, 6.45) is 0.699. The highest BCUT2D eigenvalue weighted by molar-refractivity contribution is 5.76. The number of methoxy groups -OCH3 is 1. The molecule has 98 valence electrons. The van der Waals surface area contributed by atoms with E-state index in [2.05, 4.69) is 4.98 Å². The van der Waals surface area contributed by atoms with Gasteiger partial charge in [0.2, 0.25) is 0 Å². The van der Waals surface area contributed by atoms with Crippen molar-refractivity contribution >= 4 is 6.29 Å². The Hall–Kier alpha value is -2.36. The van der Waals surface area contributed by atoms with E-state index in [0.717, 1.165) is 17.0 Å². The van der Waals surface area contributed by atoms with Crippen molar-refractivity contribution in [1.29, 1.82) is 0 Å². The summed E-state index contributed by atoms with van der Waals surface area (Å²) in [7, 11) is 1.61. The molecule has 0 aliphatic heterocycles. The minimum absolute atomic E-state index is 0.315. The number of benzene rings is 1. The molecule has 0 radical (unpaired) electrons. The van der Waals surface area contributed by atoms with Crippen LogP contribution in [-0.4, -0.2) is 18.4 Å². The van der Waals surface area contributed by atoms with Crippen molar-refractivity contribution in [3.63, 3.8) is 0 Å². The third kappa shape index (κ3) is 3.10. The average Bonchev–Trinajstić information content (AvgIpc) is 2.46. The van der Waals surface area contributed by atoms with Crippen LogP contribution in [0.15, 0.2) is 36.4 Å². The van der Waals surface area contributed by atoms with Gasteiger partial charge in [0.05, 0.1) is 7.11 Å². The normalized spacial score (nSPS) is 10.0. The van der Waals surface area contributed by atoms with E-state index in [9.17, 15) is 4.79 Å². The molecule has 0 saturated carbocycles. The first kappa shape index (κ1) is 13.1. The minimum Gasteiger partial charge on any atom is -0.496 e. The van der Waals surface area contributed by atoms with Gasteiger partial charge in [0.25, 0.3) is 0 Å². The fourth-order valence-corrected chi connectivity index (χ4v) is 1.75. The zero-order chi connectivity index (χ0) is 13.7. The van der Waals surface area contributed by atoms with Gasteiger partial charge in [0.15, 0.2) is 6.29 Å². The highest BCUT2D eigenvalue weighted by atomic mass is 16.5. The Balaban J connectivity index is 2.16. The van der Waals surface area contributed by atoms with Crippen molar-refractivity contribution in [3.05, 3.63) is 53.3 Å². The van der Waals surface area contributed by atoms with E-state index in [-0.39, 0.29) is 0 Å². The number of hydrogen-bond donors (Lipinski definition) is 0. The summed E-state index contributed by atoms with van der Waals surface area (Å²) in [5, 5.41) is 0. The maximum absolute atomic E-state index is 10.9. The largest absolute Gasteiger partial charge is 0.496 e. The molecule has 0 amide bonds. The maximum Gasteiger partial charge on any atom is 0.172 e. The molecule has 1 aromatic heterocycles. The van der Waals surface area contributed by atoms with Crippen LogP contribution in [0.4, 0.5) is 0 Å². The molecule has 0 atom stereocenters. The van der Waals surface area contributed by atoms with Crippen molar-refractivity contribution in [3.8, 4) is 11.5 Å². The second-order valence-electron chi connectivity index (χ2n) is 4.05. The molecule has 2 aromatic rings. The predicted octanol–water partition coefficient (Wildman–Crippen LogP) is 2.79. The number of aromatic nitrogens is 1. The molecule has 4 heteroatoms. The molecule has 2 rings (SSSR count). The van der Waals surface area contributed by atoms with Crippen molar-refractivity contribution in [2.45, 2.75) is 13.5 Å². The summed E-state index contributed by atoms with van der Waals surface area (Å²) in [5.74, 6) is 1.24. The third-order valence-electron chi connectivity index (χ3n) is 2.71. The Morgan fingerprint density at radius 2 is 1.95 bits per heavy atom. The summed E-state index contributed by atoms with van der Waals surface area (Å²) in [5.41, 5.74) is 2.02. The summed E-state index contributed by atoms with van der Waals surface area (Å²) < 4.78 is 10.9. The first-order chi connectivity index (χ1) is 9.24. The average molecular weight is 257 g/mol. The summed E-state index contributed by atoms with van der Waals surface area (Å²) in [6, 6.07) is 11.2. The van der Waals surface area contributed by atoms with Gasteiger partial charge in [-0.05, 0) is 25.1 Å². The lowest BCUT2D eigenvalue weighted by atomic mass is 10.2. The first-order valence-electron chi connectivity index (χ1n) is 5.92. The second-order valence-corrected chi connectivity index (χ2v) is 4.05. The van der Waals surface area contributed by atoms with Crippen LogP contribution in [0.1, 0.15) is 21.7 Å². The van der Waals surface area contributed by atoms with Crippen LogP contribution >= 0.6 is 0 Å². The number of nitrogens with zero attached hydrogens (tertiary/aromatic N) is 1. The van der Waals surface area contributed by atoms with Crippen LogP contribution in [0.5, 0.6) is 11.5 Å². The maximum atomic E-state index is 10.9. The van der Waals surface area contributed by atoms with E-state index in [1.54, 1.807) is 13.2 Å². The van der Waals surface area contributed by atoms with Crippen LogP contribution in [-0.2, 0) is 6.61 Å². The number of hydrogen-bond acceptors (Lipinski definition) is 4. The molecular weight excluding hydrogens is 242 g/mol. The van der Waals surface area contributed by atoms with Gasteiger partial charge in [0.1, 0.15) is 23.8 Å². The van der Waals surface area contributed by atoms with Crippen molar-refractivity contribution in [2.24, 2.45) is 0 Å². The third-order valence-corrected chi connectivity index (χ3v) is 2.71. The lowest BCUT2D eigenvalue weighted by molar-refractivity contribution is 0.111. The van der Waals surface area contributed by atoms with Crippen LogP contribution in [0, 0.1) is 6.92 Å². The van der Waals surface area contributed by atoms with Gasteiger partial charge >= 0.3 is 0 Å². The molecule has 0 spiro atoms. The predicted molar refractivity (Wildman–Crippen MR) is 71.7 cm³/mol. The molecule has 4 nitrogen and oxygen atoms in total. The number of ether oxygens (including phenoxy) is 2. The van der Waals surface area contributed by atoms with Gasteiger partial charge in [-0.1, -0.05) is 18.2 Å². The molecular formula is C15H15NO3. The minimum atomic E-state index is 0.315. The van der Waals surface area contributed by atoms with Gasteiger partial charge in [0, 0.05) is 11.3 Å². The molecule has 0 saturated heterocycles. The molecule has 19 heavy (non-hydrogen) atoms. The van der Waals surface area contributed by atoms with E-state index in [4.69, 9.17) is 9.47 Å². The monoisotopic (exact) mass is 257 g/mol. The lowest BCUT2D eigenvalue weighted by Gasteiger charge is -2.11. The standard InChI is InChI=1S/C15H15NO3/c1-11-7-8-15(13(9-17)16-11)19-10-12-5-3-4-6-14(12)18-2/h3-9H,10H2,1-2H3. The van der Waals surface area contributed by atoms with Crippen molar-refractivity contribution < 1.29 is 14.3 Å². The zero-order valence-electron chi connectivity index (χ0n) is 10.9. The van der Waals surface area contributed by atoms with Crippen LogP contribution < -0.4 is 9.47 Å². The Kier molecular flexibility index (Phi) is 4.13. The molecule has 0 fully saturated rings. The first-order valence-corrected chi connectivity index (χ1v) is 5.92. The number of carbonyl (C=O) groups excluding carboxylic acids is 1. The number of para-hydroxylation sites is 1. The van der Waals surface area contributed by atoms with Crippen molar-refractivity contribution in [2.75, 3.05) is 7.11 Å². The van der Waals surface area contributed by atoms with Gasteiger partial charge < -0.3 is 9.47 Å². The summed E-state index contributed by atoms with van der Waals surface area (Å²) in [6.45, 7) is 2.16. The van der Waals surface area contributed by atoms with Crippen molar-refractivity contribution in [1.82, 2.24) is 4.98 Å². The fourth-order valence-electron chi connectivity index (χ4n) is 1.75. The molecule has 0 aliphatic rings. The van der Waals surface area contributed by atoms with E-state index >= 15 is 0 Å². The fraction of sp³-hybridized carbons (Fsp3) is 0.200. The molecule has 0 aliphatic carbocycles. The molecule has 1 heterocycles. The van der Waals surface area contributed by atoms with Gasteiger partial charge in [-0.3, -0.25) is 4.79 Å². The Bertz CT molecular complexity index is 581. The molecule has 0 unspecified atom stereocenters. The molecule has 0 bridgehead atoms.